The summed E-state index contributed by atoms with van der Waals surface area (Å²) in [6.45, 7) is 29.5. The fraction of sp³-hybridized carbons (Fsp3) is 0.733. The molecule has 0 nitrogen and oxygen atoms in total. The Morgan fingerprint density at radius 2 is 0.935 bits per heavy atom. The molecule has 0 fully saturated rings. The summed E-state index contributed by atoms with van der Waals surface area (Å²) in [6, 6.07) is 0. The maximum absolute atomic E-state index is 2.77. The molecule has 0 saturated heterocycles. The van der Waals surface area contributed by atoms with E-state index in [1.807, 2.05) is 0 Å². The molecule has 0 radical (unpaired) electrons. The fourth-order valence-electron chi connectivity index (χ4n) is 6.54. The van der Waals surface area contributed by atoms with E-state index in [1.54, 1.807) is 22.3 Å². The monoisotopic (exact) mass is 440 g/mol. The molecule has 0 heterocycles. The lowest BCUT2D eigenvalue weighted by atomic mass is 9.98. The SMILES string of the molecule is CCC(C)C1=CC([Si](C(C)C)(C(C)C)C2C=C(C(C)CC)C=C2C(C)C)C(C(C)C)=C1. The normalized spacial score (nSPS) is 24.1. The molecule has 0 N–H and O–H groups in total. The average molecular weight is 441 g/mol. The lowest BCUT2D eigenvalue weighted by Crippen LogP contribution is -2.50. The minimum atomic E-state index is -1.83. The summed E-state index contributed by atoms with van der Waals surface area (Å²) in [6.07, 6.45) is 13.3. The summed E-state index contributed by atoms with van der Waals surface area (Å²) < 4.78 is 0. The lowest BCUT2D eigenvalue weighted by molar-refractivity contribution is 0.670. The van der Waals surface area contributed by atoms with Gasteiger partial charge in [-0.05, 0) is 69.8 Å². The van der Waals surface area contributed by atoms with E-state index in [9.17, 15) is 0 Å². The molecule has 0 bridgehead atoms. The van der Waals surface area contributed by atoms with Crippen molar-refractivity contribution >= 4 is 8.07 Å². The first-order chi connectivity index (χ1) is 14.4. The summed E-state index contributed by atoms with van der Waals surface area (Å²) >= 11 is 0. The summed E-state index contributed by atoms with van der Waals surface area (Å²) in [5.41, 5.74) is 9.52. The van der Waals surface area contributed by atoms with Gasteiger partial charge >= 0.3 is 0 Å². The standard InChI is InChI=1S/C30H52Si/c1-13-23(11)25-15-27(19(3)4)29(17-25)31(21(7)8,22(9)10)30-18-26(24(12)14-2)16-28(30)20(5)6/h15-24,29-30H,13-14H2,1-12H3. The average Bonchev–Trinajstić information content (AvgIpc) is 3.33. The van der Waals surface area contributed by atoms with Crippen LogP contribution in [0.5, 0.6) is 0 Å². The van der Waals surface area contributed by atoms with E-state index in [-0.39, 0.29) is 0 Å². The minimum absolute atomic E-state index is 0.623. The minimum Gasteiger partial charge on any atom is -0.0765 e. The van der Waals surface area contributed by atoms with Crippen molar-refractivity contribution in [1.29, 1.82) is 0 Å². The molecule has 2 aliphatic carbocycles. The molecule has 0 spiro atoms. The van der Waals surface area contributed by atoms with Gasteiger partial charge in [0, 0.05) is 0 Å². The van der Waals surface area contributed by atoms with E-state index in [0.29, 0.717) is 34.8 Å². The van der Waals surface area contributed by atoms with Gasteiger partial charge in [-0.1, -0.05) is 119 Å². The summed E-state index contributed by atoms with van der Waals surface area (Å²) in [5.74, 6) is 2.58. The van der Waals surface area contributed by atoms with E-state index < -0.39 is 8.07 Å². The van der Waals surface area contributed by atoms with Crippen molar-refractivity contribution in [2.45, 2.75) is 118 Å². The van der Waals surface area contributed by atoms with Crippen LogP contribution in [-0.4, -0.2) is 8.07 Å². The Balaban J connectivity index is 2.76. The van der Waals surface area contributed by atoms with Crippen LogP contribution < -0.4 is 0 Å². The third kappa shape index (κ3) is 4.78. The predicted molar refractivity (Wildman–Crippen MR) is 144 cm³/mol. The van der Waals surface area contributed by atoms with Crippen molar-refractivity contribution in [2.75, 3.05) is 0 Å². The molecule has 0 aliphatic heterocycles. The van der Waals surface area contributed by atoms with Crippen molar-refractivity contribution in [3.05, 3.63) is 46.6 Å². The summed E-state index contributed by atoms with van der Waals surface area (Å²) in [5, 5.41) is 0. The Bertz CT molecular complexity index is 676. The second kappa shape index (κ2) is 10.4. The fourth-order valence-corrected chi connectivity index (χ4v) is 14.1. The van der Waals surface area contributed by atoms with Gasteiger partial charge in [0.05, 0.1) is 8.07 Å². The molecule has 4 unspecified atom stereocenters. The molecular formula is C30H52Si. The van der Waals surface area contributed by atoms with Gasteiger partial charge in [-0.15, -0.1) is 0 Å². The van der Waals surface area contributed by atoms with Crippen LogP contribution in [0.15, 0.2) is 46.6 Å². The first kappa shape index (κ1) is 26.4. The Hall–Kier alpha value is -0.823. The molecular weight excluding hydrogens is 388 g/mol. The third-order valence-electron chi connectivity index (χ3n) is 8.88. The number of hydrogen-bond acceptors (Lipinski definition) is 0. The van der Waals surface area contributed by atoms with Gasteiger partial charge in [0.1, 0.15) is 0 Å². The highest BCUT2D eigenvalue weighted by Gasteiger charge is 2.55. The molecule has 2 aliphatic rings. The molecule has 0 aromatic rings. The van der Waals surface area contributed by atoms with E-state index in [4.69, 9.17) is 0 Å². The Morgan fingerprint density at radius 3 is 1.16 bits per heavy atom. The zero-order chi connectivity index (χ0) is 23.7. The molecule has 0 amide bonds. The van der Waals surface area contributed by atoms with Gasteiger partial charge in [-0.2, -0.15) is 0 Å². The molecule has 176 valence electrons. The number of hydrogen-bond donors (Lipinski definition) is 0. The molecule has 1 heteroatoms. The molecule has 0 aromatic carbocycles. The first-order valence-electron chi connectivity index (χ1n) is 13.3. The quantitative estimate of drug-likeness (QED) is 0.296. The van der Waals surface area contributed by atoms with Crippen molar-refractivity contribution < 1.29 is 0 Å². The highest BCUT2D eigenvalue weighted by Crippen LogP contribution is 2.61. The molecule has 0 aromatic heterocycles. The molecule has 2 rings (SSSR count). The second-order valence-electron chi connectivity index (χ2n) is 11.8. The maximum atomic E-state index is 2.77. The van der Waals surface area contributed by atoms with Crippen molar-refractivity contribution in [1.82, 2.24) is 0 Å². The van der Waals surface area contributed by atoms with E-state index >= 15 is 0 Å². The Morgan fingerprint density at radius 1 is 0.613 bits per heavy atom. The number of rotatable bonds is 10. The summed E-state index contributed by atoms with van der Waals surface area (Å²) in [4.78, 5) is 0. The van der Waals surface area contributed by atoms with Gasteiger partial charge in [0.15, 0.2) is 0 Å². The second-order valence-corrected chi connectivity index (χ2v) is 17.4. The first-order valence-corrected chi connectivity index (χ1v) is 15.6. The zero-order valence-corrected chi connectivity index (χ0v) is 23.8. The van der Waals surface area contributed by atoms with E-state index in [2.05, 4.69) is 107 Å². The smallest absolute Gasteiger partial charge is 0.0765 e. The van der Waals surface area contributed by atoms with Gasteiger partial charge in [-0.3, -0.25) is 0 Å². The van der Waals surface area contributed by atoms with E-state index in [1.165, 1.54) is 12.8 Å². The van der Waals surface area contributed by atoms with Crippen LogP contribution in [0.3, 0.4) is 0 Å². The van der Waals surface area contributed by atoms with Crippen LogP contribution >= 0.6 is 0 Å². The van der Waals surface area contributed by atoms with Crippen LogP contribution in [0.2, 0.25) is 22.2 Å². The van der Waals surface area contributed by atoms with Crippen LogP contribution in [0.25, 0.3) is 0 Å². The number of allylic oxidation sites excluding steroid dienone is 8. The molecule has 0 saturated carbocycles. The zero-order valence-electron chi connectivity index (χ0n) is 22.8. The van der Waals surface area contributed by atoms with Crippen LogP contribution in [-0.2, 0) is 0 Å². The van der Waals surface area contributed by atoms with Crippen LogP contribution in [0.4, 0.5) is 0 Å². The third-order valence-corrected chi connectivity index (χ3v) is 16.0. The van der Waals surface area contributed by atoms with Crippen LogP contribution in [0.1, 0.15) is 95.9 Å². The van der Waals surface area contributed by atoms with Crippen molar-refractivity contribution in [3.8, 4) is 0 Å². The molecule has 31 heavy (non-hydrogen) atoms. The maximum Gasteiger partial charge on any atom is 0.0815 e. The Labute approximate surface area is 196 Å². The van der Waals surface area contributed by atoms with Gasteiger partial charge < -0.3 is 0 Å². The molecule has 4 atom stereocenters. The summed E-state index contributed by atoms with van der Waals surface area (Å²) in [7, 11) is -1.83. The highest BCUT2D eigenvalue weighted by atomic mass is 28.3. The highest BCUT2D eigenvalue weighted by molar-refractivity contribution is 6.87. The van der Waals surface area contributed by atoms with Crippen LogP contribution in [0, 0.1) is 23.7 Å². The van der Waals surface area contributed by atoms with Crippen molar-refractivity contribution in [2.24, 2.45) is 23.7 Å². The lowest BCUT2D eigenvalue weighted by Gasteiger charge is -2.50. The largest absolute Gasteiger partial charge is 0.0815 e. The van der Waals surface area contributed by atoms with Gasteiger partial charge in [-0.25, -0.2) is 0 Å². The predicted octanol–water partition coefficient (Wildman–Crippen LogP) is 10.1. The van der Waals surface area contributed by atoms with E-state index in [0.717, 1.165) is 11.1 Å². The Kier molecular flexibility index (Phi) is 8.87. The van der Waals surface area contributed by atoms with Gasteiger partial charge in [0.2, 0.25) is 0 Å². The topological polar surface area (TPSA) is 0 Å². The van der Waals surface area contributed by atoms with Crippen molar-refractivity contribution in [3.63, 3.8) is 0 Å². The van der Waals surface area contributed by atoms with Gasteiger partial charge in [0.25, 0.3) is 0 Å².